The molecule has 1 aliphatic heterocycles. The molecular formula is C14H21FN2. The van der Waals surface area contributed by atoms with Gasteiger partial charge in [-0.25, -0.2) is 4.39 Å². The van der Waals surface area contributed by atoms with Gasteiger partial charge in [0.2, 0.25) is 0 Å². The Hall–Kier alpha value is -0.930. The maximum atomic E-state index is 13.2. The third-order valence-electron chi connectivity index (χ3n) is 3.61. The van der Waals surface area contributed by atoms with Gasteiger partial charge in [0, 0.05) is 6.42 Å². The first-order valence-electron chi connectivity index (χ1n) is 6.28. The Morgan fingerprint density at radius 2 is 2.00 bits per heavy atom. The quantitative estimate of drug-likeness (QED) is 0.873. The number of nitrogens with zero attached hydrogens (tertiary/aromatic N) is 1. The van der Waals surface area contributed by atoms with Crippen molar-refractivity contribution >= 4 is 0 Å². The van der Waals surface area contributed by atoms with Gasteiger partial charge >= 0.3 is 0 Å². The van der Waals surface area contributed by atoms with Gasteiger partial charge in [-0.2, -0.15) is 0 Å². The summed E-state index contributed by atoms with van der Waals surface area (Å²) in [5, 5.41) is 0. The Kier molecular flexibility index (Phi) is 3.50. The molecule has 1 saturated heterocycles. The molecule has 0 aromatic heterocycles. The van der Waals surface area contributed by atoms with Crippen molar-refractivity contribution in [2.75, 3.05) is 13.1 Å². The topological polar surface area (TPSA) is 29.3 Å². The number of rotatable bonds is 3. The molecule has 94 valence electrons. The average Bonchev–Trinajstić information content (AvgIpc) is 2.77. The van der Waals surface area contributed by atoms with Gasteiger partial charge in [-0.15, -0.1) is 0 Å². The Balaban J connectivity index is 2.10. The predicted molar refractivity (Wildman–Crippen MR) is 68.2 cm³/mol. The molecule has 1 heterocycles. The minimum atomic E-state index is -0.319. The molecular weight excluding hydrogens is 215 g/mol. The Bertz CT molecular complexity index is 395. The minimum absolute atomic E-state index is 0.145. The van der Waals surface area contributed by atoms with Gasteiger partial charge in [-0.1, -0.05) is 12.1 Å². The van der Waals surface area contributed by atoms with Crippen molar-refractivity contribution in [2.24, 2.45) is 5.73 Å². The molecule has 1 unspecified atom stereocenters. The van der Waals surface area contributed by atoms with Crippen LogP contribution >= 0.6 is 0 Å². The molecule has 0 spiro atoms. The second kappa shape index (κ2) is 4.75. The molecule has 2 rings (SSSR count). The number of benzene rings is 1. The smallest absolute Gasteiger partial charge is 0.126 e. The fourth-order valence-corrected chi connectivity index (χ4v) is 2.57. The molecule has 0 radical (unpaired) electrons. The first-order chi connectivity index (χ1) is 7.99. The molecule has 0 saturated carbocycles. The lowest BCUT2D eigenvalue weighted by atomic mass is 9.99. The standard InChI is InChI=1S/C14H21FN2/c1-11-9-12(5-6-13(11)15)10-14(2,16)17-7-3-4-8-17/h5-6,9H,3-4,7-8,10,16H2,1-2H3. The SMILES string of the molecule is Cc1cc(CC(C)(N)N2CCCC2)ccc1F. The van der Waals surface area contributed by atoms with E-state index in [2.05, 4.69) is 11.8 Å². The van der Waals surface area contributed by atoms with Crippen molar-refractivity contribution < 1.29 is 4.39 Å². The van der Waals surface area contributed by atoms with Gasteiger partial charge in [-0.05, 0) is 57.0 Å². The van der Waals surface area contributed by atoms with Gasteiger partial charge in [0.25, 0.3) is 0 Å². The first kappa shape index (κ1) is 12.5. The number of nitrogens with two attached hydrogens (primary N) is 1. The lowest BCUT2D eigenvalue weighted by Crippen LogP contribution is -2.54. The Morgan fingerprint density at radius 3 is 2.59 bits per heavy atom. The molecule has 1 aromatic rings. The van der Waals surface area contributed by atoms with Crippen LogP contribution in [0.25, 0.3) is 0 Å². The third-order valence-corrected chi connectivity index (χ3v) is 3.61. The molecule has 2 N–H and O–H groups in total. The summed E-state index contributed by atoms with van der Waals surface area (Å²) in [5.41, 5.74) is 7.86. The van der Waals surface area contributed by atoms with Gasteiger partial charge in [0.05, 0.1) is 5.66 Å². The first-order valence-corrected chi connectivity index (χ1v) is 6.28. The lowest BCUT2D eigenvalue weighted by Gasteiger charge is -2.35. The average molecular weight is 236 g/mol. The normalized spacial score (nSPS) is 20.5. The zero-order valence-electron chi connectivity index (χ0n) is 10.7. The van der Waals surface area contributed by atoms with E-state index in [1.165, 1.54) is 18.9 Å². The molecule has 1 fully saturated rings. The van der Waals surface area contributed by atoms with Crippen LogP contribution in [0.4, 0.5) is 4.39 Å². The summed E-state index contributed by atoms with van der Waals surface area (Å²) in [6.45, 7) is 6.01. The van der Waals surface area contributed by atoms with E-state index >= 15 is 0 Å². The summed E-state index contributed by atoms with van der Waals surface area (Å²) in [5.74, 6) is -0.145. The van der Waals surface area contributed by atoms with Gasteiger partial charge in [0.1, 0.15) is 5.82 Å². The largest absolute Gasteiger partial charge is 0.313 e. The van der Waals surface area contributed by atoms with Crippen LogP contribution in [0.5, 0.6) is 0 Å². The molecule has 0 aliphatic carbocycles. The number of hydrogen-bond donors (Lipinski definition) is 1. The summed E-state index contributed by atoms with van der Waals surface area (Å²) >= 11 is 0. The highest BCUT2D eigenvalue weighted by atomic mass is 19.1. The maximum Gasteiger partial charge on any atom is 0.126 e. The van der Waals surface area contributed by atoms with E-state index in [1.807, 2.05) is 12.1 Å². The van der Waals surface area contributed by atoms with Crippen LogP contribution < -0.4 is 5.73 Å². The summed E-state index contributed by atoms with van der Waals surface area (Å²) < 4.78 is 13.2. The molecule has 0 amide bonds. The van der Waals surface area contributed by atoms with Crippen molar-refractivity contribution in [1.29, 1.82) is 0 Å². The number of hydrogen-bond acceptors (Lipinski definition) is 2. The number of halogens is 1. The molecule has 1 atom stereocenters. The van der Waals surface area contributed by atoms with E-state index in [1.54, 1.807) is 6.92 Å². The Labute approximate surface area is 103 Å². The van der Waals surface area contributed by atoms with E-state index in [0.717, 1.165) is 25.1 Å². The fraction of sp³-hybridized carbons (Fsp3) is 0.571. The van der Waals surface area contributed by atoms with Crippen LogP contribution in [0, 0.1) is 12.7 Å². The fourth-order valence-electron chi connectivity index (χ4n) is 2.57. The molecule has 17 heavy (non-hydrogen) atoms. The second-order valence-electron chi connectivity index (χ2n) is 5.31. The van der Waals surface area contributed by atoms with Crippen molar-refractivity contribution in [1.82, 2.24) is 4.90 Å². The van der Waals surface area contributed by atoms with Crippen molar-refractivity contribution in [2.45, 2.75) is 38.8 Å². The van der Waals surface area contributed by atoms with Crippen LogP contribution in [0.1, 0.15) is 30.9 Å². The maximum absolute atomic E-state index is 13.2. The lowest BCUT2D eigenvalue weighted by molar-refractivity contribution is 0.142. The third kappa shape index (κ3) is 2.85. The summed E-state index contributed by atoms with van der Waals surface area (Å²) in [7, 11) is 0. The van der Waals surface area contributed by atoms with E-state index < -0.39 is 0 Å². The van der Waals surface area contributed by atoms with Crippen LogP contribution in [0.3, 0.4) is 0 Å². The van der Waals surface area contributed by atoms with E-state index in [-0.39, 0.29) is 11.5 Å². The van der Waals surface area contributed by atoms with Crippen molar-refractivity contribution in [3.05, 3.63) is 35.1 Å². The minimum Gasteiger partial charge on any atom is -0.313 e. The second-order valence-corrected chi connectivity index (χ2v) is 5.31. The molecule has 2 nitrogen and oxygen atoms in total. The molecule has 3 heteroatoms. The van der Waals surface area contributed by atoms with Crippen molar-refractivity contribution in [3.63, 3.8) is 0 Å². The monoisotopic (exact) mass is 236 g/mol. The van der Waals surface area contributed by atoms with Crippen LogP contribution in [0.2, 0.25) is 0 Å². The molecule has 1 aliphatic rings. The highest BCUT2D eigenvalue weighted by Crippen LogP contribution is 2.21. The zero-order chi connectivity index (χ0) is 12.5. The van der Waals surface area contributed by atoms with Crippen molar-refractivity contribution in [3.8, 4) is 0 Å². The van der Waals surface area contributed by atoms with E-state index in [0.29, 0.717) is 5.56 Å². The molecule has 1 aromatic carbocycles. The summed E-state index contributed by atoms with van der Waals surface area (Å²) in [4.78, 5) is 2.33. The summed E-state index contributed by atoms with van der Waals surface area (Å²) in [6.07, 6.45) is 3.23. The highest BCUT2D eigenvalue weighted by molar-refractivity contribution is 5.25. The number of likely N-dealkylation sites (tertiary alicyclic amines) is 1. The summed E-state index contributed by atoms with van der Waals surface area (Å²) in [6, 6.07) is 5.27. The van der Waals surface area contributed by atoms with E-state index in [4.69, 9.17) is 5.73 Å². The van der Waals surface area contributed by atoms with Crippen LogP contribution in [0.15, 0.2) is 18.2 Å². The Morgan fingerprint density at radius 1 is 1.35 bits per heavy atom. The van der Waals surface area contributed by atoms with E-state index in [9.17, 15) is 4.39 Å². The van der Waals surface area contributed by atoms with Crippen LogP contribution in [-0.2, 0) is 6.42 Å². The number of aryl methyl sites for hydroxylation is 1. The highest BCUT2D eigenvalue weighted by Gasteiger charge is 2.29. The van der Waals surface area contributed by atoms with Gasteiger partial charge in [-0.3, -0.25) is 4.90 Å². The predicted octanol–water partition coefficient (Wildman–Crippen LogP) is 2.45. The zero-order valence-corrected chi connectivity index (χ0v) is 10.7. The van der Waals surface area contributed by atoms with Gasteiger partial charge in [0.15, 0.2) is 0 Å². The van der Waals surface area contributed by atoms with Gasteiger partial charge < -0.3 is 5.73 Å². The van der Waals surface area contributed by atoms with Crippen LogP contribution in [-0.4, -0.2) is 23.7 Å². The molecule has 0 bridgehead atoms.